The third kappa shape index (κ3) is 2.44. The second-order valence-corrected chi connectivity index (χ2v) is 5.22. The molecule has 0 amide bonds. The van der Waals surface area contributed by atoms with Crippen molar-refractivity contribution in [2.45, 2.75) is 39.2 Å². The van der Waals surface area contributed by atoms with Crippen LogP contribution in [0, 0.1) is 6.92 Å². The highest BCUT2D eigenvalue weighted by Gasteiger charge is 2.25. The van der Waals surface area contributed by atoms with Crippen LogP contribution in [0.15, 0.2) is 18.2 Å². The van der Waals surface area contributed by atoms with E-state index in [1.54, 1.807) is 0 Å². The van der Waals surface area contributed by atoms with Gasteiger partial charge in [0.2, 0.25) is 0 Å². The minimum Gasteiger partial charge on any atom is -0.389 e. The summed E-state index contributed by atoms with van der Waals surface area (Å²) < 4.78 is 0. The third-order valence-corrected chi connectivity index (χ3v) is 3.80. The first kappa shape index (κ1) is 12.4. The Morgan fingerprint density at radius 1 is 1.53 bits per heavy atom. The number of nitrogens with two attached hydrogens (primary N) is 1. The van der Waals surface area contributed by atoms with Crippen molar-refractivity contribution in [1.82, 2.24) is 0 Å². The number of thiocarbonyl (C=S) groups is 1. The molecule has 0 aromatic heterocycles. The van der Waals surface area contributed by atoms with Gasteiger partial charge >= 0.3 is 0 Å². The summed E-state index contributed by atoms with van der Waals surface area (Å²) in [6.07, 6.45) is 3.73. The predicted molar refractivity (Wildman–Crippen MR) is 77.7 cm³/mol. The van der Waals surface area contributed by atoms with Gasteiger partial charge in [-0.05, 0) is 38.3 Å². The maximum atomic E-state index is 5.84. The Morgan fingerprint density at radius 3 is 2.94 bits per heavy atom. The Balaban J connectivity index is 2.40. The first-order chi connectivity index (χ1) is 8.13. The van der Waals surface area contributed by atoms with Gasteiger partial charge in [-0.1, -0.05) is 30.8 Å². The quantitative estimate of drug-likeness (QED) is 0.834. The van der Waals surface area contributed by atoms with Crippen molar-refractivity contribution in [2.24, 2.45) is 5.73 Å². The van der Waals surface area contributed by atoms with E-state index in [4.69, 9.17) is 18.0 Å². The lowest BCUT2D eigenvalue weighted by atomic mass is 10.1. The molecule has 1 fully saturated rings. The lowest BCUT2D eigenvalue weighted by molar-refractivity contribution is 0.645. The smallest absolute Gasteiger partial charge is 0.106 e. The van der Waals surface area contributed by atoms with Crippen LogP contribution < -0.4 is 10.6 Å². The van der Waals surface area contributed by atoms with Crippen LogP contribution in [-0.4, -0.2) is 17.6 Å². The first-order valence-corrected chi connectivity index (χ1v) is 6.71. The van der Waals surface area contributed by atoms with Crippen LogP contribution in [0.25, 0.3) is 0 Å². The molecule has 1 aliphatic rings. The van der Waals surface area contributed by atoms with Gasteiger partial charge in [0.15, 0.2) is 0 Å². The van der Waals surface area contributed by atoms with E-state index in [1.165, 1.54) is 30.5 Å². The molecule has 3 heteroatoms. The normalized spacial score (nSPS) is 19.6. The molecule has 17 heavy (non-hydrogen) atoms. The highest BCUT2D eigenvalue weighted by atomic mass is 32.1. The van der Waals surface area contributed by atoms with E-state index < -0.39 is 0 Å². The van der Waals surface area contributed by atoms with Gasteiger partial charge in [-0.2, -0.15) is 0 Å². The number of anilines is 1. The number of rotatable bonds is 3. The van der Waals surface area contributed by atoms with Crippen LogP contribution in [0.3, 0.4) is 0 Å². The predicted octanol–water partition coefficient (Wildman–Crippen LogP) is 3.01. The van der Waals surface area contributed by atoms with Crippen LogP contribution in [0.5, 0.6) is 0 Å². The molecule has 0 spiro atoms. The average molecular weight is 248 g/mol. The zero-order valence-corrected chi connectivity index (χ0v) is 11.4. The number of aryl methyl sites for hydroxylation is 1. The van der Waals surface area contributed by atoms with E-state index in [9.17, 15) is 0 Å². The average Bonchev–Trinajstić information content (AvgIpc) is 2.76. The number of nitrogens with zero attached hydrogens (tertiary/aromatic N) is 1. The Labute approximate surface area is 109 Å². The summed E-state index contributed by atoms with van der Waals surface area (Å²) in [6, 6.07) is 7.05. The molecule has 2 N–H and O–H groups in total. The minimum atomic E-state index is 0.505. The first-order valence-electron chi connectivity index (χ1n) is 6.30. The Kier molecular flexibility index (Phi) is 3.67. The maximum absolute atomic E-state index is 5.84. The summed E-state index contributed by atoms with van der Waals surface area (Å²) in [5.41, 5.74) is 9.30. The van der Waals surface area contributed by atoms with Crippen molar-refractivity contribution in [3.05, 3.63) is 29.3 Å². The van der Waals surface area contributed by atoms with Crippen molar-refractivity contribution in [3.63, 3.8) is 0 Å². The van der Waals surface area contributed by atoms with Gasteiger partial charge < -0.3 is 10.6 Å². The zero-order valence-electron chi connectivity index (χ0n) is 10.6. The molecule has 2 nitrogen and oxygen atoms in total. The van der Waals surface area contributed by atoms with Gasteiger partial charge in [-0.25, -0.2) is 0 Å². The number of hydrogen-bond donors (Lipinski definition) is 1. The second kappa shape index (κ2) is 5.05. The van der Waals surface area contributed by atoms with Gasteiger partial charge in [-0.3, -0.25) is 0 Å². The van der Waals surface area contributed by atoms with E-state index in [1.807, 2.05) is 0 Å². The van der Waals surface area contributed by atoms with Crippen molar-refractivity contribution >= 4 is 22.9 Å². The lowest BCUT2D eigenvalue weighted by Gasteiger charge is -2.28. The molecule has 1 aliphatic heterocycles. The molecule has 1 saturated heterocycles. The van der Waals surface area contributed by atoms with Gasteiger partial charge in [-0.15, -0.1) is 0 Å². The number of benzene rings is 1. The van der Waals surface area contributed by atoms with Crippen LogP contribution in [0.4, 0.5) is 5.69 Å². The molecule has 0 radical (unpaired) electrons. The Hall–Kier alpha value is -1.09. The molecular formula is C14H20N2S. The fraction of sp³-hybridized carbons (Fsp3) is 0.500. The van der Waals surface area contributed by atoms with E-state index in [-0.39, 0.29) is 0 Å². The standard InChI is InChI=1S/C14H20N2S/c1-3-11-5-4-8-16(11)13-7-6-10(2)9-12(13)14(15)17/h6-7,9,11H,3-5,8H2,1-2H3,(H2,15,17). The van der Waals surface area contributed by atoms with Gasteiger partial charge in [0.05, 0.1) is 0 Å². The fourth-order valence-corrected chi connectivity index (χ4v) is 2.84. The Bertz CT molecular complexity index is 428. The summed E-state index contributed by atoms with van der Waals surface area (Å²) in [5.74, 6) is 0. The van der Waals surface area contributed by atoms with Crippen LogP contribution in [-0.2, 0) is 0 Å². The Morgan fingerprint density at radius 2 is 2.29 bits per heavy atom. The van der Waals surface area contributed by atoms with E-state index in [2.05, 4.69) is 36.9 Å². The van der Waals surface area contributed by atoms with Crippen LogP contribution >= 0.6 is 12.2 Å². The molecule has 2 rings (SSSR count). The van der Waals surface area contributed by atoms with Gasteiger partial charge in [0.1, 0.15) is 4.99 Å². The number of hydrogen-bond acceptors (Lipinski definition) is 2. The third-order valence-electron chi connectivity index (χ3n) is 3.58. The lowest BCUT2D eigenvalue weighted by Crippen LogP contribution is -2.30. The highest BCUT2D eigenvalue weighted by Crippen LogP contribution is 2.30. The second-order valence-electron chi connectivity index (χ2n) is 4.78. The molecule has 1 atom stereocenters. The maximum Gasteiger partial charge on any atom is 0.106 e. The van der Waals surface area contributed by atoms with E-state index in [0.717, 1.165) is 12.1 Å². The molecule has 1 heterocycles. The molecular weight excluding hydrogens is 228 g/mol. The molecule has 0 saturated carbocycles. The summed E-state index contributed by atoms with van der Waals surface area (Å²) >= 11 is 5.17. The zero-order chi connectivity index (χ0) is 12.4. The monoisotopic (exact) mass is 248 g/mol. The summed E-state index contributed by atoms with van der Waals surface area (Å²) in [6.45, 7) is 5.45. The molecule has 92 valence electrons. The SMILES string of the molecule is CCC1CCCN1c1ccc(C)cc1C(N)=S. The van der Waals surface area contributed by atoms with Crippen molar-refractivity contribution < 1.29 is 0 Å². The van der Waals surface area contributed by atoms with Crippen LogP contribution in [0.2, 0.25) is 0 Å². The molecule has 1 aromatic rings. The van der Waals surface area contributed by atoms with E-state index in [0.29, 0.717) is 11.0 Å². The highest BCUT2D eigenvalue weighted by molar-refractivity contribution is 7.80. The molecule has 0 bridgehead atoms. The van der Waals surface area contributed by atoms with Gasteiger partial charge in [0.25, 0.3) is 0 Å². The van der Waals surface area contributed by atoms with E-state index >= 15 is 0 Å². The van der Waals surface area contributed by atoms with Gasteiger partial charge in [0, 0.05) is 23.8 Å². The van der Waals surface area contributed by atoms with Crippen molar-refractivity contribution in [1.29, 1.82) is 0 Å². The molecule has 1 unspecified atom stereocenters. The van der Waals surface area contributed by atoms with Crippen molar-refractivity contribution in [2.75, 3.05) is 11.4 Å². The summed E-state index contributed by atoms with van der Waals surface area (Å²) in [5, 5.41) is 0. The minimum absolute atomic E-state index is 0.505. The van der Waals surface area contributed by atoms with Crippen molar-refractivity contribution in [3.8, 4) is 0 Å². The fourth-order valence-electron chi connectivity index (χ4n) is 2.68. The largest absolute Gasteiger partial charge is 0.389 e. The summed E-state index contributed by atoms with van der Waals surface area (Å²) in [4.78, 5) is 2.97. The van der Waals surface area contributed by atoms with Crippen LogP contribution in [0.1, 0.15) is 37.3 Å². The summed E-state index contributed by atoms with van der Waals surface area (Å²) in [7, 11) is 0. The topological polar surface area (TPSA) is 29.3 Å². The molecule has 0 aliphatic carbocycles. The molecule has 1 aromatic carbocycles.